The van der Waals surface area contributed by atoms with Crippen molar-refractivity contribution in [2.24, 2.45) is 10.8 Å². The van der Waals surface area contributed by atoms with Gasteiger partial charge in [0.25, 0.3) is 5.91 Å². The molecule has 2 atom stereocenters. The quantitative estimate of drug-likeness (QED) is 0.444. The molecule has 166 valence electrons. The summed E-state index contributed by atoms with van der Waals surface area (Å²) in [6.07, 6.45) is 3.34. The van der Waals surface area contributed by atoms with Crippen LogP contribution in [0.5, 0.6) is 0 Å². The molecule has 5 rings (SSSR count). The lowest BCUT2D eigenvalue weighted by Gasteiger charge is -2.39. The molecule has 2 bridgehead atoms. The Morgan fingerprint density at radius 2 is 1.88 bits per heavy atom. The molecular weight excluding hydrogens is 418 g/mol. The van der Waals surface area contributed by atoms with Crippen LogP contribution in [0.3, 0.4) is 0 Å². The van der Waals surface area contributed by atoms with Gasteiger partial charge in [-0.05, 0) is 54.4 Å². The van der Waals surface area contributed by atoms with Crippen LogP contribution in [0.4, 0.5) is 0 Å². The summed E-state index contributed by atoms with van der Waals surface area (Å²) >= 11 is 1.56. The summed E-state index contributed by atoms with van der Waals surface area (Å²) in [5.74, 6) is 1.86. The van der Waals surface area contributed by atoms with E-state index in [2.05, 4.69) is 35.9 Å². The second-order valence-corrected chi connectivity index (χ2v) is 11.3. The van der Waals surface area contributed by atoms with Gasteiger partial charge in [-0.2, -0.15) is 0 Å². The highest BCUT2D eigenvalue weighted by molar-refractivity contribution is 7.98. The van der Waals surface area contributed by atoms with Gasteiger partial charge in [-0.3, -0.25) is 4.79 Å². The Bertz CT molecular complexity index is 1110. The number of furan rings is 1. The Morgan fingerprint density at radius 3 is 2.62 bits per heavy atom. The second-order valence-electron chi connectivity index (χ2n) is 10.3. The molecule has 1 saturated carbocycles. The lowest BCUT2D eigenvalue weighted by molar-refractivity contribution is 0.0675. The molecule has 2 aromatic heterocycles. The standard InChI is InChI=1S/C26H29N3O2S/c1-25(2)13-19-14-26(3,16-25)17-29(19)24(30)22-11-9-20(31-22)15-32-23-12-10-21(27-28-23)18-7-5-4-6-8-18/h4-12,19H,13-17H2,1-3H3. The van der Waals surface area contributed by atoms with Crippen LogP contribution in [-0.4, -0.2) is 33.6 Å². The predicted octanol–water partition coefficient (Wildman–Crippen LogP) is 6.07. The highest BCUT2D eigenvalue weighted by Crippen LogP contribution is 2.52. The van der Waals surface area contributed by atoms with Gasteiger partial charge < -0.3 is 9.32 Å². The highest BCUT2D eigenvalue weighted by atomic mass is 32.2. The molecule has 0 N–H and O–H groups in total. The predicted molar refractivity (Wildman–Crippen MR) is 126 cm³/mol. The molecule has 1 saturated heterocycles. The number of amides is 1. The highest BCUT2D eigenvalue weighted by Gasteiger charge is 2.51. The largest absolute Gasteiger partial charge is 0.455 e. The van der Waals surface area contributed by atoms with Crippen LogP contribution in [0.2, 0.25) is 0 Å². The molecule has 1 aliphatic carbocycles. The summed E-state index contributed by atoms with van der Waals surface area (Å²) in [5, 5.41) is 9.49. The SMILES string of the molecule is CC1(C)CC2CC(C)(CN2C(=O)c2ccc(CSc3ccc(-c4ccccc4)nn3)o2)C1. The summed E-state index contributed by atoms with van der Waals surface area (Å²) in [4.78, 5) is 15.3. The third-order valence-electron chi connectivity index (χ3n) is 6.62. The number of benzene rings is 1. The second kappa shape index (κ2) is 8.07. The first-order valence-corrected chi connectivity index (χ1v) is 12.2. The minimum absolute atomic E-state index is 0.0275. The van der Waals surface area contributed by atoms with Crippen molar-refractivity contribution in [2.45, 2.75) is 56.9 Å². The van der Waals surface area contributed by atoms with Crippen LogP contribution in [-0.2, 0) is 5.75 Å². The van der Waals surface area contributed by atoms with E-state index in [1.165, 1.54) is 6.42 Å². The van der Waals surface area contributed by atoms with E-state index in [1.807, 2.05) is 54.6 Å². The van der Waals surface area contributed by atoms with Crippen molar-refractivity contribution in [1.82, 2.24) is 15.1 Å². The first kappa shape index (κ1) is 21.3. The van der Waals surface area contributed by atoms with E-state index in [-0.39, 0.29) is 16.7 Å². The van der Waals surface area contributed by atoms with Crippen molar-refractivity contribution in [1.29, 1.82) is 0 Å². The Morgan fingerprint density at radius 1 is 1.06 bits per heavy atom. The number of rotatable bonds is 5. The Kier molecular flexibility index (Phi) is 5.36. The third-order valence-corrected chi connectivity index (χ3v) is 7.56. The molecule has 1 aromatic carbocycles. The van der Waals surface area contributed by atoms with Gasteiger partial charge in [0.1, 0.15) is 10.8 Å². The minimum Gasteiger partial charge on any atom is -0.455 e. The number of hydrogen-bond acceptors (Lipinski definition) is 5. The number of carbonyl (C=O) groups excluding carboxylic acids is 1. The van der Waals surface area contributed by atoms with Crippen LogP contribution in [0.15, 0.2) is 64.0 Å². The van der Waals surface area contributed by atoms with Crippen LogP contribution >= 0.6 is 11.8 Å². The van der Waals surface area contributed by atoms with Gasteiger partial charge in [0.2, 0.25) is 0 Å². The zero-order valence-corrected chi connectivity index (χ0v) is 19.7. The van der Waals surface area contributed by atoms with E-state index >= 15 is 0 Å². The number of carbonyl (C=O) groups is 1. The van der Waals surface area contributed by atoms with Crippen LogP contribution in [0.25, 0.3) is 11.3 Å². The van der Waals surface area contributed by atoms with Crippen molar-refractivity contribution in [3.8, 4) is 11.3 Å². The van der Waals surface area contributed by atoms with Gasteiger partial charge in [-0.15, -0.1) is 10.2 Å². The number of hydrogen-bond donors (Lipinski definition) is 0. The van der Waals surface area contributed by atoms with Crippen molar-refractivity contribution < 1.29 is 9.21 Å². The topological polar surface area (TPSA) is 59.2 Å². The zero-order valence-electron chi connectivity index (χ0n) is 18.9. The fourth-order valence-electron chi connectivity index (χ4n) is 5.71. The maximum Gasteiger partial charge on any atom is 0.289 e. The number of fused-ring (bicyclic) bond motifs is 2. The van der Waals surface area contributed by atoms with Crippen LogP contribution in [0, 0.1) is 10.8 Å². The smallest absolute Gasteiger partial charge is 0.289 e. The first-order valence-electron chi connectivity index (χ1n) is 11.2. The average molecular weight is 448 g/mol. The monoisotopic (exact) mass is 447 g/mol. The fourth-order valence-corrected chi connectivity index (χ4v) is 6.42. The molecule has 32 heavy (non-hydrogen) atoms. The lowest BCUT2D eigenvalue weighted by Crippen LogP contribution is -2.37. The van der Waals surface area contributed by atoms with Gasteiger partial charge in [0.05, 0.1) is 11.4 Å². The molecule has 1 amide bonds. The van der Waals surface area contributed by atoms with E-state index in [0.717, 1.165) is 41.4 Å². The minimum atomic E-state index is 0.0275. The van der Waals surface area contributed by atoms with Crippen LogP contribution < -0.4 is 0 Å². The first-order chi connectivity index (χ1) is 15.3. The Labute approximate surface area is 193 Å². The Balaban J connectivity index is 1.22. The van der Waals surface area contributed by atoms with E-state index in [4.69, 9.17) is 4.42 Å². The normalized spacial score (nSPS) is 24.0. The van der Waals surface area contributed by atoms with Gasteiger partial charge in [-0.25, -0.2) is 0 Å². The zero-order chi connectivity index (χ0) is 22.3. The number of aromatic nitrogens is 2. The van der Waals surface area contributed by atoms with E-state index < -0.39 is 0 Å². The van der Waals surface area contributed by atoms with Gasteiger partial charge >= 0.3 is 0 Å². The maximum atomic E-state index is 13.2. The van der Waals surface area contributed by atoms with E-state index in [9.17, 15) is 4.79 Å². The van der Waals surface area contributed by atoms with E-state index in [1.54, 1.807) is 11.8 Å². The molecule has 5 nitrogen and oxygen atoms in total. The van der Waals surface area contributed by atoms with Crippen molar-refractivity contribution in [3.63, 3.8) is 0 Å². The molecule has 1 aliphatic heterocycles. The molecule has 2 aliphatic rings. The molecule has 0 radical (unpaired) electrons. The van der Waals surface area contributed by atoms with Gasteiger partial charge in [0.15, 0.2) is 5.76 Å². The lowest BCUT2D eigenvalue weighted by atomic mass is 9.65. The molecule has 6 heteroatoms. The number of likely N-dealkylation sites (tertiary alicyclic amines) is 1. The van der Waals surface area contributed by atoms with Crippen molar-refractivity contribution in [3.05, 3.63) is 66.1 Å². The molecule has 2 fully saturated rings. The Hall–Kier alpha value is -2.60. The van der Waals surface area contributed by atoms with E-state index in [0.29, 0.717) is 17.6 Å². The molecule has 0 spiro atoms. The maximum absolute atomic E-state index is 13.2. The summed E-state index contributed by atoms with van der Waals surface area (Å²) < 4.78 is 5.95. The summed E-state index contributed by atoms with van der Waals surface area (Å²) in [6.45, 7) is 7.79. The number of thioether (sulfide) groups is 1. The number of nitrogens with zero attached hydrogens (tertiary/aromatic N) is 3. The summed E-state index contributed by atoms with van der Waals surface area (Å²) in [6, 6.07) is 18.0. The average Bonchev–Trinajstić information content (AvgIpc) is 3.34. The van der Waals surface area contributed by atoms with Gasteiger partial charge in [-0.1, -0.05) is 62.9 Å². The van der Waals surface area contributed by atoms with Crippen molar-refractivity contribution in [2.75, 3.05) is 6.54 Å². The summed E-state index contributed by atoms with van der Waals surface area (Å²) in [7, 11) is 0. The molecule has 3 aromatic rings. The third kappa shape index (κ3) is 4.33. The van der Waals surface area contributed by atoms with Gasteiger partial charge in [0, 0.05) is 18.2 Å². The van der Waals surface area contributed by atoms with Crippen LogP contribution in [0.1, 0.15) is 56.3 Å². The molecular formula is C26H29N3O2S. The van der Waals surface area contributed by atoms with Crippen molar-refractivity contribution >= 4 is 17.7 Å². The molecule has 2 unspecified atom stereocenters. The summed E-state index contributed by atoms with van der Waals surface area (Å²) in [5.41, 5.74) is 2.41. The fraction of sp³-hybridized carbons (Fsp3) is 0.423. The molecule has 3 heterocycles.